The van der Waals surface area contributed by atoms with Gasteiger partial charge in [-0.2, -0.15) is 0 Å². The highest BCUT2D eigenvalue weighted by molar-refractivity contribution is 6.25. The van der Waals surface area contributed by atoms with Gasteiger partial charge in [0.15, 0.2) is 0 Å². The lowest BCUT2D eigenvalue weighted by atomic mass is 10.1. The van der Waals surface area contributed by atoms with Crippen LogP contribution in [0.2, 0.25) is 0 Å². The zero-order chi connectivity index (χ0) is 7.61. The fourth-order valence-corrected chi connectivity index (χ4v) is 1.66. The SMILES string of the molecule is O=C(O)C1([SiH3])CCCCO1. The lowest BCUT2D eigenvalue weighted by Gasteiger charge is -2.29. The average Bonchev–Trinajstić information content (AvgIpc) is 1.89. The van der Waals surface area contributed by atoms with Gasteiger partial charge in [0.1, 0.15) is 5.22 Å². The van der Waals surface area contributed by atoms with E-state index in [0.29, 0.717) is 23.3 Å². The topological polar surface area (TPSA) is 46.5 Å². The minimum atomic E-state index is -0.779. The highest BCUT2D eigenvalue weighted by Gasteiger charge is 2.35. The first-order chi connectivity index (χ1) is 4.65. The molecule has 1 saturated heterocycles. The molecule has 0 bridgehead atoms. The minimum Gasteiger partial charge on any atom is -0.479 e. The molecule has 3 nitrogen and oxygen atoms in total. The highest BCUT2D eigenvalue weighted by Crippen LogP contribution is 2.21. The number of ether oxygens (including phenoxy) is 1. The van der Waals surface area contributed by atoms with Crippen LogP contribution in [0, 0.1) is 0 Å². The van der Waals surface area contributed by atoms with Gasteiger partial charge < -0.3 is 9.84 Å². The fourth-order valence-electron chi connectivity index (χ4n) is 1.10. The van der Waals surface area contributed by atoms with Crippen molar-refractivity contribution < 1.29 is 14.6 Å². The number of carboxylic acid groups (broad SMARTS) is 1. The third-order valence-corrected chi connectivity index (χ3v) is 3.14. The van der Waals surface area contributed by atoms with Crippen LogP contribution in [-0.2, 0) is 9.53 Å². The van der Waals surface area contributed by atoms with Gasteiger partial charge in [0.05, 0.1) is 10.2 Å². The van der Waals surface area contributed by atoms with Gasteiger partial charge in [-0.1, -0.05) is 0 Å². The van der Waals surface area contributed by atoms with E-state index in [4.69, 9.17) is 9.84 Å². The maximum Gasteiger partial charge on any atom is 0.331 e. The van der Waals surface area contributed by atoms with Crippen molar-refractivity contribution >= 4 is 16.2 Å². The van der Waals surface area contributed by atoms with E-state index in [9.17, 15) is 4.79 Å². The highest BCUT2D eigenvalue weighted by atomic mass is 28.1. The Morgan fingerprint density at radius 1 is 1.60 bits per heavy atom. The van der Waals surface area contributed by atoms with Crippen molar-refractivity contribution in [1.29, 1.82) is 0 Å². The van der Waals surface area contributed by atoms with Gasteiger partial charge in [-0.05, 0) is 19.3 Å². The summed E-state index contributed by atoms with van der Waals surface area (Å²) in [7, 11) is 0.593. The van der Waals surface area contributed by atoms with Crippen molar-refractivity contribution in [2.75, 3.05) is 6.61 Å². The van der Waals surface area contributed by atoms with Gasteiger partial charge in [0.25, 0.3) is 0 Å². The van der Waals surface area contributed by atoms with E-state index in [1.165, 1.54) is 0 Å². The normalized spacial score (nSPS) is 34.0. The molecule has 1 unspecified atom stereocenters. The van der Waals surface area contributed by atoms with Crippen LogP contribution >= 0.6 is 0 Å². The van der Waals surface area contributed by atoms with Gasteiger partial charge >= 0.3 is 5.97 Å². The third-order valence-electron chi connectivity index (χ3n) is 1.92. The van der Waals surface area contributed by atoms with Crippen LogP contribution in [-0.4, -0.2) is 33.1 Å². The summed E-state index contributed by atoms with van der Waals surface area (Å²) in [6.07, 6.45) is 2.71. The van der Waals surface area contributed by atoms with Gasteiger partial charge in [0, 0.05) is 6.61 Å². The molecule has 10 heavy (non-hydrogen) atoms. The van der Waals surface area contributed by atoms with Crippen LogP contribution in [0.3, 0.4) is 0 Å². The van der Waals surface area contributed by atoms with Crippen LogP contribution in [0.25, 0.3) is 0 Å². The molecule has 1 heterocycles. The summed E-state index contributed by atoms with van der Waals surface area (Å²) in [6.45, 7) is 0.621. The van der Waals surface area contributed by atoms with Crippen molar-refractivity contribution in [2.24, 2.45) is 0 Å². The molecule has 0 saturated carbocycles. The van der Waals surface area contributed by atoms with E-state index in [1.807, 2.05) is 0 Å². The van der Waals surface area contributed by atoms with E-state index in [0.717, 1.165) is 12.8 Å². The molecule has 0 spiro atoms. The average molecular weight is 160 g/mol. The van der Waals surface area contributed by atoms with E-state index < -0.39 is 11.2 Å². The Hall–Kier alpha value is -0.353. The molecule has 0 aromatic carbocycles. The molecule has 1 aliphatic heterocycles. The van der Waals surface area contributed by atoms with E-state index >= 15 is 0 Å². The molecule has 0 amide bonds. The largest absolute Gasteiger partial charge is 0.479 e. The predicted octanol–water partition coefficient (Wildman–Crippen LogP) is -0.667. The molecule has 1 N–H and O–H groups in total. The molecule has 1 fully saturated rings. The summed E-state index contributed by atoms with van der Waals surface area (Å²) in [6, 6.07) is 0. The number of hydrogen-bond acceptors (Lipinski definition) is 2. The minimum absolute atomic E-state index is 0.593. The fraction of sp³-hybridized carbons (Fsp3) is 0.833. The Kier molecular flexibility index (Phi) is 2.10. The van der Waals surface area contributed by atoms with Crippen LogP contribution < -0.4 is 0 Å². The zero-order valence-electron chi connectivity index (χ0n) is 6.09. The second-order valence-electron chi connectivity index (χ2n) is 2.84. The standard InChI is InChI=1S/C6H12O3Si/c7-5(8)6(10)3-1-2-4-9-6/h1-4H2,10H3,(H,7,8). The van der Waals surface area contributed by atoms with E-state index in [2.05, 4.69) is 0 Å². The monoisotopic (exact) mass is 160 g/mol. The Balaban J connectivity index is 2.56. The second kappa shape index (κ2) is 2.71. The Labute approximate surface area is 62.8 Å². The first kappa shape index (κ1) is 7.75. The quantitative estimate of drug-likeness (QED) is 0.518. The van der Waals surface area contributed by atoms with Crippen molar-refractivity contribution in [3.63, 3.8) is 0 Å². The molecule has 0 radical (unpaired) electrons. The van der Waals surface area contributed by atoms with Gasteiger partial charge in [-0.15, -0.1) is 0 Å². The van der Waals surface area contributed by atoms with Crippen LogP contribution in [0.4, 0.5) is 0 Å². The molecule has 1 aliphatic rings. The molecule has 0 aromatic heterocycles. The van der Waals surface area contributed by atoms with E-state index in [-0.39, 0.29) is 0 Å². The first-order valence-corrected chi connectivity index (χ1v) is 4.52. The van der Waals surface area contributed by atoms with Crippen LogP contribution in [0.1, 0.15) is 19.3 Å². The number of carboxylic acids is 1. The van der Waals surface area contributed by atoms with Crippen molar-refractivity contribution in [2.45, 2.75) is 24.5 Å². The number of hydrogen-bond donors (Lipinski definition) is 1. The van der Waals surface area contributed by atoms with Gasteiger partial charge in [-0.3, -0.25) is 0 Å². The van der Waals surface area contributed by atoms with E-state index in [1.54, 1.807) is 0 Å². The molecule has 0 aromatic rings. The lowest BCUT2D eigenvalue weighted by molar-refractivity contribution is -0.158. The molecule has 58 valence electrons. The second-order valence-corrected chi connectivity index (χ2v) is 4.46. The third kappa shape index (κ3) is 1.38. The maximum absolute atomic E-state index is 10.6. The number of carbonyl (C=O) groups is 1. The molecule has 0 aliphatic carbocycles. The van der Waals surface area contributed by atoms with Gasteiger partial charge in [-0.25, -0.2) is 4.79 Å². The predicted molar refractivity (Wildman–Crippen MR) is 40.1 cm³/mol. The summed E-state index contributed by atoms with van der Waals surface area (Å²) >= 11 is 0. The smallest absolute Gasteiger partial charge is 0.331 e. The van der Waals surface area contributed by atoms with Crippen LogP contribution in [0.5, 0.6) is 0 Å². The van der Waals surface area contributed by atoms with Crippen LogP contribution in [0.15, 0.2) is 0 Å². The van der Waals surface area contributed by atoms with Gasteiger partial charge in [0.2, 0.25) is 0 Å². The Bertz CT molecular complexity index is 140. The van der Waals surface area contributed by atoms with Crippen molar-refractivity contribution in [3.8, 4) is 0 Å². The zero-order valence-corrected chi connectivity index (χ0v) is 8.09. The molecule has 1 atom stereocenters. The Morgan fingerprint density at radius 2 is 2.30 bits per heavy atom. The molecule has 4 heteroatoms. The molecule has 1 rings (SSSR count). The summed E-state index contributed by atoms with van der Waals surface area (Å²) in [4.78, 5) is 10.6. The van der Waals surface area contributed by atoms with Crippen molar-refractivity contribution in [3.05, 3.63) is 0 Å². The summed E-state index contributed by atoms with van der Waals surface area (Å²) in [5.41, 5.74) is 0. The summed E-state index contributed by atoms with van der Waals surface area (Å²) < 4.78 is 5.19. The van der Waals surface area contributed by atoms with Crippen molar-refractivity contribution in [1.82, 2.24) is 0 Å². The number of aliphatic carboxylic acids is 1. The molecular formula is C6H12O3Si. The Morgan fingerprint density at radius 3 is 2.60 bits per heavy atom. The lowest BCUT2D eigenvalue weighted by Crippen LogP contribution is -2.44. The number of rotatable bonds is 1. The summed E-state index contributed by atoms with van der Waals surface area (Å²) in [5.74, 6) is -0.779. The molecular weight excluding hydrogens is 148 g/mol. The first-order valence-electron chi connectivity index (χ1n) is 3.52. The maximum atomic E-state index is 10.6. The summed E-state index contributed by atoms with van der Waals surface area (Å²) in [5, 5.41) is 7.94.